The summed E-state index contributed by atoms with van der Waals surface area (Å²) in [7, 11) is 0. The van der Waals surface area contributed by atoms with Crippen LogP contribution in [0.5, 0.6) is 0 Å². The largest absolute Gasteiger partial charge is 0.269 e. The molecule has 2 aromatic heterocycles. The van der Waals surface area contributed by atoms with Crippen LogP contribution in [0.15, 0.2) is 53.6 Å². The minimum atomic E-state index is -0.409. The molecule has 0 amide bonds. The van der Waals surface area contributed by atoms with Gasteiger partial charge in [-0.3, -0.25) is 10.1 Å². The van der Waals surface area contributed by atoms with Gasteiger partial charge in [-0.1, -0.05) is 23.9 Å². The number of non-ortho nitro benzene ring substituents is 1. The van der Waals surface area contributed by atoms with Gasteiger partial charge in [0.1, 0.15) is 22.1 Å². The first-order valence-corrected chi connectivity index (χ1v) is 10.1. The summed E-state index contributed by atoms with van der Waals surface area (Å²) < 4.78 is 14.1. The number of thioether (sulfide) groups is 1. The Labute approximate surface area is 167 Å². The fourth-order valence-electron chi connectivity index (χ4n) is 2.73. The SMILES string of the molecule is Cc1nc2c(SCc3cccc([N+](=O)[O-])c3)nnc(-c3ccc(F)cc3)c2s1. The summed E-state index contributed by atoms with van der Waals surface area (Å²) in [5, 5.41) is 21.2. The van der Waals surface area contributed by atoms with Gasteiger partial charge in [0, 0.05) is 23.4 Å². The van der Waals surface area contributed by atoms with E-state index in [1.165, 1.54) is 41.3 Å². The van der Waals surface area contributed by atoms with E-state index in [-0.39, 0.29) is 11.5 Å². The predicted octanol–water partition coefficient (Wildman–Crippen LogP) is 5.40. The third-order valence-corrected chi connectivity index (χ3v) is 6.01. The zero-order valence-corrected chi connectivity index (χ0v) is 16.3. The lowest BCUT2D eigenvalue weighted by Gasteiger charge is -2.05. The van der Waals surface area contributed by atoms with Crippen molar-refractivity contribution in [1.29, 1.82) is 0 Å². The van der Waals surface area contributed by atoms with E-state index in [1.807, 2.05) is 13.0 Å². The molecule has 0 aliphatic carbocycles. The number of halogens is 1. The van der Waals surface area contributed by atoms with Crippen molar-refractivity contribution in [1.82, 2.24) is 15.2 Å². The summed E-state index contributed by atoms with van der Waals surface area (Å²) in [4.78, 5) is 15.1. The van der Waals surface area contributed by atoms with Crippen LogP contribution in [0.1, 0.15) is 10.6 Å². The smallest absolute Gasteiger partial charge is 0.258 e. The molecule has 0 N–H and O–H groups in total. The normalized spacial score (nSPS) is 11.1. The number of nitrogens with zero attached hydrogens (tertiary/aromatic N) is 4. The molecule has 0 atom stereocenters. The van der Waals surface area contributed by atoms with Gasteiger partial charge in [-0.25, -0.2) is 9.37 Å². The van der Waals surface area contributed by atoms with Gasteiger partial charge in [-0.05, 0) is 36.8 Å². The maximum Gasteiger partial charge on any atom is 0.269 e. The van der Waals surface area contributed by atoms with Crippen LogP contribution in [-0.4, -0.2) is 20.1 Å². The molecule has 6 nitrogen and oxygen atoms in total. The second-order valence-electron chi connectivity index (χ2n) is 5.99. The molecule has 28 heavy (non-hydrogen) atoms. The van der Waals surface area contributed by atoms with E-state index in [0.717, 1.165) is 26.4 Å². The van der Waals surface area contributed by atoms with E-state index in [9.17, 15) is 14.5 Å². The van der Waals surface area contributed by atoms with Gasteiger partial charge in [0.25, 0.3) is 5.69 Å². The number of nitro benzene ring substituents is 1. The van der Waals surface area contributed by atoms with Crippen molar-refractivity contribution in [2.75, 3.05) is 0 Å². The van der Waals surface area contributed by atoms with Gasteiger partial charge in [0.2, 0.25) is 0 Å². The molecule has 0 saturated heterocycles. The van der Waals surface area contributed by atoms with Gasteiger partial charge in [-0.15, -0.1) is 21.5 Å². The average Bonchev–Trinajstić information content (AvgIpc) is 3.08. The fourth-order valence-corrected chi connectivity index (χ4v) is 4.58. The lowest BCUT2D eigenvalue weighted by Crippen LogP contribution is -1.94. The maximum atomic E-state index is 13.2. The number of thiazole rings is 1. The molecule has 0 fully saturated rings. The molecule has 0 spiro atoms. The number of aromatic nitrogens is 3. The number of fused-ring (bicyclic) bond motifs is 1. The zero-order valence-electron chi connectivity index (χ0n) is 14.6. The number of nitro groups is 1. The lowest BCUT2D eigenvalue weighted by molar-refractivity contribution is -0.384. The third-order valence-electron chi connectivity index (χ3n) is 4.01. The topological polar surface area (TPSA) is 81.8 Å². The summed E-state index contributed by atoms with van der Waals surface area (Å²) >= 11 is 2.94. The number of rotatable bonds is 5. The Morgan fingerprint density at radius 1 is 1.18 bits per heavy atom. The number of aryl methyl sites for hydroxylation is 1. The van der Waals surface area contributed by atoms with Crippen molar-refractivity contribution in [2.45, 2.75) is 17.7 Å². The van der Waals surface area contributed by atoms with E-state index in [1.54, 1.807) is 24.3 Å². The second-order valence-corrected chi connectivity index (χ2v) is 8.15. The van der Waals surface area contributed by atoms with Crippen molar-refractivity contribution in [2.24, 2.45) is 0 Å². The summed E-state index contributed by atoms with van der Waals surface area (Å²) in [6.45, 7) is 1.91. The Kier molecular flexibility index (Phi) is 5.01. The molecule has 0 aliphatic heterocycles. The van der Waals surface area contributed by atoms with E-state index >= 15 is 0 Å². The summed E-state index contributed by atoms with van der Waals surface area (Å²) in [5.41, 5.74) is 3.07. The Morgan fingerprint density at radius 3 is 2.71 bits per heavy atom. The molecular weight excluding hydrogens is 399 g/mol. The van der Waals surface area contributed by atoms with Crippen LogP contribution in [0.3, 0.4) is 0 Å². The molecule has 4 rings (SSSR count). The van der Waals surface area contributed by atoms with Crippen molar-refractivity contribution in [3.05, 3.63) is 75.0 Å². The first-order valence-electron chi connectivity index (χ1n) is 8.27. The molecule has 0 unspecified atom stereocenters. The van der Waals surface area contributed by atoms with Gasteiger partial charge in [0.15, 0.2) is 0 Å². The van der Waals surface area contributed by atoms with Crippen LogP contribution in [-0.2, 0) is 5.75 Å². The molecule has 2 aromatic carbocycles. The summed E-state index contributed by atoms with van der Waals surface area (Å²) in [6.07, 6.45) is 0. The lowest BCUT2D eigenvalue weighted by atomic mass is 10.1. The number of hydrogen-bond donors (Lipinski definition) is 0. The minimum Gasteiger partial charge on any atom is -0.258 e. The van der Waals surface area contributed by atoms with Crippen LogP contribution in [0.25, 0.3) is 21.5 Å². The first-order chi connectivity index (χ1) is 13.5. The van der Waals surface area contributed by atoms with E-state index in [0.29, 0.717) is 16.5 Å². The molecule has 0 aliphatic rings. The van der Waals surface area contributed by atoms with Gasteiger partial charge in [-0.2, -0.15) is 0 Å². The predicted molar refractivity (Wildman–Crippen MR) is 108 cm³/mol. The highest BCUT2D eigenvalue weighted by molar-refractivity contribution is 7.98. The van der Waals surface area contributed by atoms with Crippen LogP contribution in [0, 0.1) is 22.9 Å². The van der Waals surface area contributed by atoms with Crippen molar-refractivity contribution in [3.8, 4) is 11.3 Å². The Morgan fingerprint density at radius 2 is 1.96 bits per heavy atom. The number of hydrogen-bond acceptors (Lipinski definition) is 7. The van der Waals surface area contributed by atoms with Gasteiger partial charge < -0.3 is 0 Å². The summed E-state index contributed by atoms with van der Waals surface area (Å²) in [5.74, 6) is 0.204. The fraction of sp³-hybridized carbons (Fsp3) is 0.105. The van der Waals surface area contributed by atoms with Crippen LogP contribution < -0.4 is 0 Å². The van der Waals surface area contributed by atoms with Gasteiger partial charge in [0.05, 0.1) is 14.6 Å². The average molecular weight is 412 g/mol. The van der Waals surface area contributed by atoms with E-state index in [4.69, 9.17) is 0 Å². The standard InChI is InChI=1S/C19H13FN4O2S2/c1-11-21-17-18(28-11)16(13-5-7-14(20)8-6-13)22-23-19(17)27-10-12-3-2-4-15(9-12)24(25)26/h2-9H,10H2,1H3. The van der Waals surface area contributed by atoms with Crippen LogP contribution in [0.4, 0.5) is 10.1 Å². The van der Waals surface area contributed by atoms with Crippen molar-refractivity contribution in [3.63, 3.8) is 0 Å². The molecule has 4 aromatic rings. The van der Waals surface area contributed by atoms with Crippen LogP contribution in [0.2, 0.25) is 0 Å². The highest BCUT2D eigenvalue weighted by atomic mass is 32.2. The second kappa shape index (κ2) is 7.61. The van der Waals surface area contributed by atoms with Gasteiger partial charge >= 0.3 is 0 Å². The monoisotopic (exact) mass is 412 g/mol. The molecule has 0 radical (unpaired) electrons. The molecule has 0 saturated carbocycles. The Bertz CT molecular complexity index is 1180. The Balaban J connectivity index is 1.67. The van der Waals surface area contributed by atoms with Crippen molar-refractivity contribution >= 4 is 39.0 Å². The van der Waals surface area contributed by atoms with Crippen LogP contribution >= 0.6 is 23.1 Å². The zero-order chi connectivity index (χ0) is 19.7. The highest BCUT2D eigenvalue weighted by Crippen LogP contribution is 2.36. The maximum absolute atomic E-state index is 13.2. The minimum absolute atomic E-state index is 0.0606. The first kappa shape index (κ1) is 18.5. The molecule has 2 heterocycles. The van der Waals surface area contributed by atoms with Crippen molar-refractivity contribution < 1.29 is 9.31 Å². The molecule has 9 heteroatoms. The number of benzene rings is 2. The third kappa shape index (κ3) is 3.71. The highest BCUT2D eigenvalue weighted by Gasteiger charge is 2.16. The molecule has 0 bridgehead atoms. The quantitative estimate of drug-likeness (QED) is 0.248. The molecule has 140 valence electrons. The van der Waals surface area contributed by atoms with E-state index in [2.05, 4.69) is 15.2 Å². The van der Waals surface area contributed by atoms with E-state index < -0.39 is 4.92 Å². The molecular formula is C19H13FN4O2S2. The Hall–Kier alpha value is -2.91. The summed E-state index contributed by atoms with van der Waals surface area (Å²) in [6, 6.07) is 12.6.